The summed E-state index contributed by atoms with van der Waals surface area (Å²) < 4.78 is 10.4. The number of hydrogen-bond acceptors (Lipinski definition) is 6. The lowest BCUT2D eigenvalue weighted by Gasteiger charge is -2.07. The molecule has 1 aromatic heterocycles. The third kappa shape index (κ3) is 2.78. The summed E-state index contributed by atoms with van der Waals surface area (Å²) in [4.78, 5) is 13.2. The van der Waals surface area contributed by atoms with Crippen LogP contribution in [0.5, 0.6) is 11.5 Å². The molecular weight excluding hydrogens is 292 g/mol. The highest BCUT2D eigenvalue weighted by molar-refractivity contribution is 7.12. The normalized spacial score (nSPS) is 12.4. The van der Waals surface area contributed by atoms with E-state index in [4.69, 9.17) is 9.47 Å². The summed E-state index contributed by atoms with van der Waals surface area (Å²) in [6, 6.07) is 7.14. The Morgan fingerprint density at radius 2 is 2.00 bits per heavy atom. The van der Waals surface area contributed by atoms with E-state index in [1.54, 1.807) is 17.4 Å². The summed E-state index contributed by atoms with van der Waals surface area (Å²) in [6.07, 6.45) is 0.995. The maximum Gasteiger partial charge on any atom is 0.296 e. The van der Waals surface area contributed by atoms with Gasteiger partial charge in [0.05, 0.1) is 11.0 Å². The van der Waals surface area contributed by atoms with Crippen LogP contribution in [0.4, 0.5) is 11.4 Å². The quantitative estimate of drug-likeness (QED) is 0.675. The zero-order chi connectivity index (χ0) is 14.8. The van der Waals surface area contributed by atoms with Crippen LogP contribution < -0.4 is 14.8 Å². The monoisotopic (exact) mass is 306 g/mol. The average Bonchev–Trinajstić information content (AvgIpc) is 3.12. The molecule has 0 unspecified atom stereocenters. The number of nitrogens with one attached hydrogen (secondary N) is 1. The SMILES string of the molecule is CCc1ccc(CNc2cc3c(cc2[N+](=O)[O-])OCO3)s1. The van der Waals surface area contributed by atoms with Crippen LogP contribution in [-0.2, 0) is 13.0 Å². The van der Waals surface area contributed by atoms with Crippen molar-refractivity contribution in [2.45, 2.75) is 19.9 Å². The van der Waals surface area contributed by atoms with Crippen molar-refractivity contribution in [1.29, 1.82) is 0 Å². The molecule has 0 amide bonds. The lowest BCUT2D eigenvalue weighted by Crippen LogP contribution is -2.01. The third-order valence-electron chi connectivity index (χ3n) is 3.21. The highest BCUT2D eigenvalue weighted by Crippen LogP contribution is 2.40. The van der Waals surface area contributed by atoms with Crippen molar-refractivity contribution in [2.75, 3.05) is 12.1 Å². The van der Waals surface area contributed by atoms with Crippen molar-refractivity contribution in [2.24, 2.45) is 0 Å². The van der Waals surface area contributed by atoms with E-state index in [1.807, 2.05) is 6.07 Å². The Labute approximate surface area is 125 Å². The van der Waals surface area contributed by atoms with Crippen molar-refractivity contribution in [3.63, 3.8) is 0 Å². The molecule has 7 heteroatoms. The van der Waals surface area contributed by atoms with Gasteiger partial charge >= 0.3 is 0 Å². The number of rotatable bonds is 5. The van der Waals surface area contributed by atoms with Crippen molar-refractivity contribution < 1.29 is 14.4 Å². The molecular formula is C14H14N2O4S. The van der Waals surface area contributed by atoms with Crippen LogP contribution in [0, 0.1) is 10.1 Å². The van der Waals surface area contributed by atoms with E-state index in [2.05, 4.69) is 18.3 Å². The number of nitro groups is 1. The molecule has 1 N–H and O–H groups in total. The standard InChI is InChI=1S/C14H14N2O4S/c1-2-9-3-4-10(21-9)7-15-11-5-13-14(20-8-19-13)6-12(11)16(17)18/h3-6,15H,2,7-8H2,1H3. The van der Waals surface area contributed by atoms with Crippen LogP contribution >= 0.6 is 11.3 Å². The van der Waals surface area contributed by atoms with E-state index in [1.165, 1.54) is 10.9 Å². The summed E-state index contributed by atoms with van der Waals surface area (Å²) in [5.74, 6) is 0.945. The predicted octanol–water partition coefficient (Wildman–Crippen LogP) is 3.56. The molecule has 0 radical (unpaired) electrons. The lowest BCUT2D eigenvalue weighted by molar-refractivity contribution is -0.384. The van der Waals surface area contributed by atoms with Crippen LogP contribution in [-0.4, -0.2) is 11.7 Å². The van der Waals surface area contributed by atoms with E-state index in [9.17, 15) is 10.1 Å². The molecule has 1 aliphatic heterocycles. The molecule has 0 fully saturated rings. The summed E-state index contributed by atoms with van der Waals surface area (Å²) in [5, 5.41) is 14.3. The summed E-state index contributed by atoms with van der Waals surface area (Å²) in [6.45, 7) is 2.75. The Hall–Kier alpha value is -2.28. The molecule has 110 valence electrons. The van der Waals surface area contributed by atoms with Crippen LogP contribution in [0.1, 0.15) is 16.7 Å². The smallest absolute Gasteiger partial charge is 0.296 e. The van der Waals surface area contributed by atoms with Gasteiger partial charge in [-0.1, -0.05) is 6.92 Å². The number of benzene rings is 1. The first kappa shape index (κ1) is 13.7. The van der Waals surface area contributed by atoms with E-state index in [0.29, 0.717) is 23.7 Å². The summed E-state index contributed by atoms with van der Waals surface area (Å²) in [5.41, 5.74) is 0.433. The minimum absolute atomic E-state index is 0.00785. The van der Waals surface area contributed by atoms with Gasteiger partial charge in [0.25, 0.3) is 5.69 Å². The number of ether oxygens (including phenoxy) is 2. The van der Waals surface area contributed by atoms with Crippen LogP contribution in [0.2, 0.25) is 0 Å². The van der Waals surface area contributed by atoms with Gasteiger partial charge < -0.3 is 14.8 Å². The van der Waals surface area contributed by atoms with E-state index >= 15 is 0 Å². The first-order valence-electron chi connectivity index (χ1n) is 6.57. The van der Waals surface area contributed by atoms with E-state index < -0.39 is 4.92 Å². The molecule has 2 aromatic rings. The lowest BCUT2D eigenvalue weighted by atomic mass is 10.2. The maximum atomic E-state index is 11.2. The van der Waals surface area contributed by atoms with Gasteiger partial charge in [0, 0.05) is 22.4 Å². The second kappa shape index (κ2) is 5.61. The fraction of sp³-hybridized carbons (Fsp3) is 0.286. The zero-order valence-corrected chi connectivity index (χ0v) is 12.2. The molecule has 1 aliphatic rings. The van der Waals surface area contributed by atoms with Crippen molar-refractivity contribution in [1.82, 2.24) is 0 Å². The minimum Gasteiger partial charge on any atom is -0.454 e. The summed E-state index contributed by atoms with van der Waals surface area (Å²) >= 11 is 1.70. The Morgan fingerprint density at radius 3 is 2.67 bits per heavy atom. The molecule has 0 atom stereocenters. The second-order valence-electron chi connectivity index (χ2n) is 4.55. The van der Waals surface area contributed by atoms with Crippen LogP contribution in [0.25, 0.3) is 0 Å². The van der Waals surface area contributed by atoms with Gasteiger partial charge in [-0.05, 0) is 18.6 Å². The number of fused-ring (bicyclic) bond motifs is 1. The molecule has 3 rings (SSSR count). The van der Waals surface area contributed by atoms with Gasteiger partial charge in [-0.15, -0.1) is 11.3 Å². The average molecular weight is 306 g/mol. The highest BCUT2D eigenvalue weighted by atomic mass is 32.1. The first-order valence-corrected chi connectivity index (χ1v) is 7.38. The molecule has 0 aliphatic carbocycles. The number of nitro benzene ring substituents is 1. The Balaban J connectivity index is 1.82. The molecule has 6 nitrogen and oxygen atoms in total. The largest absolute Gasteiger partial charge is 0.454 e. The second-order valence-corrected chi connectivity index (χ2v) is 5.81. The number of aryl methyl sites for hydroxylation is 1. The van der Waals surface area contributed by atoms with Gasteiger partial charge in [-0.25, -0.2) is 0 Å². The predicted molar refractivity (Wildman–Crippen MR) is 80.2 cm³/mol. The fourth-order valence-electron chi connectivity index (χ4n) is 2.11. The third-order valence-corrected chi connectivity index (χ3v) is 4.44. The van der Waals surface area contributed by atoms with Crippen molar-refractivity contribution in [3.05, 3.63) is 44.1 Å². The molecule has 0 spiro atoms. The molecule has 21 heavy (non-hydrogen) atoms. The minimum atomic E-state index is -0.420. The number of thiophene rings is 1. The highest BCUT2D eigenvalue weighted by Gasteiger charge is 2.23. The number of nitrogens with zero attached hydrogens (tertiary/aromatic N) is 1. The summed E-state index contributed by atoms with van der Waals surface area (Å²) in [7, 11) is 0. The van der Waals surface area contributed by atoms with E-state index in [-0.39, 0.29) is 12.5 Å². The molecule has 0 bridgehead atoms. The zero-order valence-electron chi connectivity index (χ0n) is 11.4. The maximum absolute atomic E-state index is 11.2. The van der Waals surface area contributed by atoms with Gasteiger partial charge in [-0.3, -0.25) is 10.1 Å². The van der Waals surface area contributed by atoms with Crippen molar-refractivity contribution in [3.8, 4) is 11.5 Å². The first-order chi connectivity index (χ1) is 10.2. The fourth-order valence-corrected chi connectivity index (χ4v) is 3.01. The Bertz CT molecular complexity index is 684. The molecule has 0 saturated heterocycles. The van der Waals surface area contributed by atoms with Crippen molar-refractivity contribution >= 4 is 22.7 Å². The molecule has 2 heterocycles. The number of anilines is 1. The van der Waals surface area contributed by atoms with Crippen LogP contribution in [0.15, 0.2) is 24.3 Å². The van der Waals surface area contributed by atoms with E-state index in [0.717, 1.165) is 11.3 Å². The number of hydrogen-bond donors (Lipinski definition) is 1. The molecule has 0 saturated carbocycles. The topological polar surface area (TPSA) is 73.6 Å². The van der Waals surface area contributed by atoms with Crippen LogP contribution in [0.3, 0.4) is 0 Å². The van der Waals surface area contributed by atoms with Gasteiger partial charge in [-0.2, -0.15) is 0 Å². The Kier molecular flexibility index (Phi) is 3.66. The van der Waals surface area contributed by atoms with Gasteiger partial charge in [0.15, 0.2) is 11.5 Å². The van der Waals surface area contributed by atoms with Gasteiger partial charge in [0.2, 0.25) is 6.79 Å². The van der Waals surface area contributed by atoms with Gasteiger partial charge in [0.1, 0.15) is 5.69 Å². The Morgan fingerprint density at radius 1 is 1.29 bits per heavy atom. The molecule has 1 aromatic carbocycles.